The number of nitrogens with one attached hydrogen (secondary N) is 1. The lowest BCUT2D eigenvalue weighted by molar-refractivity contribution is 0.0734. The van der Waals surface area contributed by atoms with E-state index >= 15 is 0 Å². The molecule has 0 spiro atoms. The Morgan fingerprint density at radius 2 is 1.70 bits per heavy atom. The summed E-state index contributed by atoms with van der Waals surface area (Å²) in [6.07, 6.45) is 0.786. The lowest BCUT2D eigenvalue weighted by atomic mass is 9.87. The van der Waals surface area contributed by atoms with Gasteiger partial charge in [-0.1, -0.05) is 39.0 Å². The smallest absolute Gasteiger partial charge is 0.343 e. The van der Waals surface area contributed by atoms with Gasteiger partial charge in [0.2, 0.25) is 5.95 Å². The number of nitrogens with zero attached hydrogens (tertiary/aromatic N) is 3. The van der Waals surface area contributed by atoms with E-state index in [1.165, 1.54) is 23.3 Å². The summed E-state index contributed by atoms with van der Waals surface area (Å²) in [6, 6.07) is 19.7. The summed E-state index contributed by atoms with van der Waals surface area (Å²) < 4.78 is 19.1. The van der Waals surface area contributed by atoms with Crippen LogP contribution < -0.4 is 15.0 Å². The molecule has 0 bridgehead atoms. The topological polar surface area (TPSA) is 67.3 Å². The Kier molecular flexibility index (Phi) is 7.32. The second-order valence-electron chi connectivity index (χ2n) is 11.4. The van der Waals surface area contributed by atoms with Crippen LogP contribution in [0.15, 0.2) is 66.7 Å². The second-order valence-corrected chi connectivity index (χ2v) is 11.4. The first kappa shape index (κ1) is 27.3. The van der Waals surface area contributed by atoms with Gasteiger partial charge in [0.05, 0.1) is 11.6 Å². The Labute approximate surface area is 235 Å². The number of anilines is 3. The van der Waals surface area contributed by atoms with Crippen LogP contribution in [0.2, 0.25) is 0 Å². The molecule has 1 aliphatic rings. The molecule has 40 heavy (non-hydrogen) atoms. The van der Waals surface area contributed by atoms with E-state index in [1.807, 2.05) is 56.3 Å². The zero-order valence-corrected chi connectivity index (χ0v) is 23.9. The average molecular weight is 539 g/mol. The standard InChI is InChI=1S/C33H35FN4O2/c1-20-21(2)35-32(36-27-13-11-26(34)12-14-27)37-30(20)38-18-17-24-19-28(15-16-29(24)22(38)3)40-31(39)23-7-9-25(10-8-23)33(4,5)6/h7-16,19,22H,17-18H2,1-6H3,(H,35,36,37). The third kappa shape index (κ3) is 5.69. The predicted molar refractivity (Wildman–Crippen MR) is 157 cm³/mol. The Hall–Kier alpha value is -4.26. The number of halogens is 1. The van der Waals surface area contributed by atoms with Crippen LogP contribution in [-0.2, 0) is 11.8 Å². The number of fused-ring (bicyclic) bond motifs is 1. The molecule has 1 unspecified atom stereocenters. The maximum atomic E-state index is 13.3. The first-order valence-electron chi connectivity index (χ1n) is 13.6. The lowest BCUT2D eigenvalue weighted by Crippen LogP contribution is -2.35. The number of esters is 1. The Balaban J connectivity index is 1.34. The third-order valence-corrected chi connectivity index (χ3v) is 7.59. The molecule has 5 rings (SSSR count). The van der Waals surface area contributed by atoms with Gasteiger partial charge in [-0.2, -0.15) is 4.98 Å². The minimum absolute atomic E-state index is 0.0230. The molecule has 206 valence electrons. The number of rotatable bonds is 5. The first-order chi connectivity index (χ1) is 19.0. The number of carbonyl (C=O) groups excluding carboxylic acids is 1. The van der Waals surface area contributed by atoms with Gasteiger partial charge in [-0.15, -0.1) is 0 Å². The van der Waals surface area contributed by atoms with E-state index in [2.05, 4.69) is 42.9 Å². The molecule has 0 saturated carbocycles. The van der Waals surface area contributed by atoms with Gasteiger partial charge in [-0.3, -0.25) is 0 Å². The predicted octanol–water partition coefficient (Wildman–Crippen LogP) is 7.62. The van der Waals surface area contributed by atoms with Crippen molar-refractivity contribution in [1.82, 2.24) is 9.97 Å². The minimum Gasteiger partial charge on any atom is -0.423 e. The fraction of sp³-hybridized carbons (Fsp3) is 0.303. The van der Waals surface area contributed by atoms with Crippen molar-refractivity contribution in [3.05, 3.63) is 106 Å². The van der Waals surface area contributed by atoms with Crippen molar-refractivity contribution >= 4 is 23.4 Å². The van der Waals surface area contributed by atoms with Crippen LogP contribution in [0.5, 0.6) is 5.75 Å². The van der Waals surface area contributed by atoms with Crippen LogP contribution in [0.25, 0.3) is 0 Å². The van der Waals surface area contributed by atoms with Gasteiger partial charge in [0.25, 0.3) is 0 Å². The highest BCUT2D eigenvalue weighted by atomic mass is 19.1. The highest BCUT2D eigenvalue weighted by Crippen LogP contribution is 2.37. The third-order valence-electron chi connectivity index (χ3n) is 7.59. The number of benzene rings is 3. The van der Waals surface area contributed by atoms with Gasteiger partial charge in [-0.25, -0.2) is 14.2 Å². The molecule has 0 fully saturated rings. The molecule has 0 radical (unpaired) electrons. The van der Waals surface area contributed by atoms with E-state index in [9.17, 15) is 9.18 Å². The average Bonchev–Trinajstić information content (AvgIpc) is 2.92. The maximum Gasteiger partial charge on any atom is 0.343 e. The Morgan fingerprint density at radius 3 is 2.38 bits per heavy atom. The molecule has 0 aliphatic carbocycles. The van der Waals surface area contributed by atoms with Crippen molar-refractivity contribution in [3.8, 4) is 5.75 Å². The fourth-order valence-electron chi connectivity index (χ4n) is 5.05. The number of carbonyl (C=O) groups is 1. The summed E-state index contributed by atoms with van der Waals surface area (Å²) in [5.41, 5.74) is 6.67. The van der Waals surface area contributed by atoms with Crippen LogP contribution in [0.1, 0.15) is 72.0 Å². The molecule has 1 N–H and O–H groups in total. The molecule has 0 amide bonds. The van der Waals surface area contributed by atoms with Gasteiger partial charge in [0.15, 0.2) is 0 Å². The van der Waals surface area contributed by atoms with Crippen LogP contribution >= 0.6 is 0 Å². The van der Waals surface area contributed by atoms with Crippen LogP contribution in [0.3, 0.4) is 0 Å². The molecule has 2 heterocycles. The monoisotopic (exact) mass is 538 g/mol. The summed E-state index contributed by atoms with van der Waals surface area (Å²) in [4.78, 5) is 24.6. The summed E-state index contributed by atoms with van der Waals surface area (Å²) in [5, 5.41) is 3.20. The van der Waals surface area contributed by atoms with Crippen molar-refractivity contribution < 1.29 is 13.9 Å². The number of ether oxygens (including phenoxy) is 1. The molecule has 6 nitrogen and oxygen atoms in total. The molecule has 3 aromatic carbocycles. The molecular weight excluding hydrogens is 503 g/mol. The Morgan fingerprint density at radius 1 is 1.00 bits per heavy atom. The van der Waals surface area contributed by atoms with Gasteiger partial charge in [0, 0.05) is 23.5 Å². The summed E-state index contributed by atoms with van der Waals surface area (Å²) in [5.74, 6) is 1.23. The van der Waals surface area contributed by atoms with Crippen molar-refractivity contribution in [2.24, 2.45) is 0 Å². The molecule has 7 heteroatoms. The van der Waals surface area contributed by atoms with Crippen molar-refractivity contribution in [3.63, 3.8) is 0 Å². The van der Waals surface area contributed by atoms with Crippen LogP contribution in [-0.4, -0.2) is 22.5 Å². The van der Waals surface area contributed by atoms with E-state index in [4.69, 9.17) is 9.72 Å². The summed E-state index contributed by atoms with van der Waals surface area (Å²) in [6.45, 7) is 13.4. The zero-order valence-electron chi connectivity index (χ0n) is 23.9. The number of aromatic nitrogens is 2. The molecule has 1 aromatic heterocycles. The van der Waals surface area contributed by atoms with E-state index in [1.54, 1.807) is 12.1 Å². The largest absolute Gasteiger partial charge is 0.423 e. The SMILES string of the molecule is Cc1nc(Nc2ccc(F)cc2)nc(N2CCc3cc(OC(=O)c4ccc(C(C)(C)C)cc4)ccc3C2C)c1C. The fourth-order valence-corrected chi connectivity index (χ4v) is 5.05. The molecule has 1 aliphatic heterocycles. The summed E-state index contributed by atoms with van der Waals surface area (Å²) >= 11 is 0. The second kappa shape index (κ2) is 10.7. The van der Waals surface area contributed by atoms with Crippen molar-refractivity contribution in [1.29, 1.82) is 0 Å². The number of hydrogen-bond donors (Lipinski definition) is 1. The van der Waals surface area contributed by atoms with Gasteiger partial charge in [0.1, 0.15) is 17.4 Å². The van der Waals surface area contributed by atoms with E-state index < -0.39 is 0 Å². The zero-order chi connectivity index (χ0) is 28.6. The van der Waals surface area contributed by atoms with Crippen molar-refractivity contribution in [2.75, 3.05) is 16.8 Å². The highest BCUT2D eigenvalue weighted by molar-refractivity contribution is 5.91. The normalized spacial score (nSPS) is 15.0. The quantitative estimate of drug-likeness (QED) is 0.208. The summed E-state index contributed by atoms with van der Waals surface area (Å²) in [7, 11) is 0. The molecule has 4 aromatic rings. The van der Waals surface area contributed by atoms with Crippen LogP contribution in [0.4, 0.5) is 21.8 Å². The maximum absolute atomic E-state index is 13.3. The van der Waals surface area contributed by atoms with Gasteiger partial charge in [-0.05, 0) is 97.8 Å². The van der Waals surface area contributed by atoms with Crippen molar-refractivity contribution in [2.45, 2.75) is 59.4 Å². The minimum atomic E-state index is -0.362. The molecule has 0 saturated heterocycles. The van der Waals surface area contributed by atoms with Gasteiger partial charge < -0.3 is 15.0 Å². The molecular formula is C33H35FN4O2. The number of hydrogen-bond acceptors (Lipinski definition) is 6. The Bertz CT molecular complexity index is 1540. The van der Waals surface area contributed by atoms with Gasteiger partial charge >= 0.3 is 5.97 Å². The molecule has 1 atom stereocenters. The van der Waals surface area contributed by atoms with Crippen LogP contribution in [0, 0.1) is 19.7 Å². The van der Waals surface area contributed by atoms with E-state index in [0.717, 1.165) is 41.3 Å². The number of aryl methyl sites for hydroxylation is 1. The van der Waals surface area contributed by atoms with E-state index in [-0.39, 0.29) is 23.2 Å². The first-order valence-corrected chi connectivity index (χ1v) is 13.6. The lowest BCUT2D eigenvalue weighted by Gasteiger charge is -2.37. The van der Waals surface area contributed by atoms with E-state index in [0.29, 0.717) is 17.3 Å². The highest BCUT2D eigenvalue weighted by Gasteiger charge is 2.28.